The van der Waals surface area contributed by atoms with Crippen LogP contribution in [0.25, 0.3) is 16.6 Å². The molecule has 5 rings (SSSR count). The van der Waals surface area contributed by atoms with Crippen molar-refractivity contribution < 1.29 is 9.18 Å². The monoisotopic (exact) mass is 416 g/mol. The number of aryl methyl sites for hydroxylation is 2. The molecule has 0 aliphatic heterocycles. The maximum absolute atomic E-state index is 14.1. The van der Waals surface area contributed by atoms with Gasteiger partial charge in [0.15, 0.2) is 5.65 Å². The van der Waals surface area contributed by atoms with Gasteiger partial charge in [0, 0.05) is 41.3 Å². The van der Waals surface area contributed by atoms with Gasteiger partial charge in [-0.15, -0.1) is 0 Å². The number of halogens is 1. The van der Waals surface area contributed by atoms with E-state index in [1.807, 2.05) is 53.6 Å². The third-order valence-corrected chi connectivity index (χ3v) is 6.21. The topological polar surface area (TPSA) is 50.5 Å². The van der Waals surface area contributed by atoms with Gasteiger partial charge in [-0.2, -0.15) is 5.10 Å². The summed E-state index contributed by atoms with van der Waals surface area (Å²) in [7, 11) is 0. The first-order valence-corrected chi connectivity index (χ1v) is 10.8. The van der Waals surface area contributed by atoms with E-state index in [-0.39, 0.29) is 17.8 Å². The lowest BCUT2D eigenvalue weighted by Crippen LogP contribution is -2.33. The molecule has 0 bridgehead atoms. The fourth-order valence-corrected chi connectivity index (χ4v) is 4.33. The van der Waals surface area contributed by atoms with Crippen molar-refractivity contribution in [3.8, 4) is 0 Å². The second-order valence-electron chi connectivity index (χ2n) is 8.36. The van der Waals surface area contributed by atoms with E-state index in [0.717, 1.165) is 46.3 Å². The van der Waals surface area contributed by atoms with Crippen molar-refractivity contribution in [2.45, 2.75) is 52.1 Å². The number of hydrogen-bond acceptors (Lipinski definition) is 3. The van der Waals surface area contributed by atoms with Crippen LogP contribution in [0.15, 0.2) is 48.5 Å². The number of benzene rings is 2. The summed E-state index contributed by atoms with van der Waals surface area (Å²) in [6, 6.07) is 14.9. The number of hydrogen-bond donors (Lipinski definition) is 0. The molecule has 0 spiro atoms. The number of amides is 1. The minimum absolute atomic E-state index is 0.0651. The molecule has 1 aliphatic carbocycles. The Labute approximate surface area is 180 Å². The van der Waals surface area contributed by atoms with Crippen LogP contribution in [0.3, 0.4) is 0 Å². The minimum Gasteiger partial charge on any atom is -0.335 e. The van der Waals surface area contributed by atoms with Gasteiger partial charge >= 0.3 is 0 Å². The van der Waals surface area contributed by atoms with Crippen molar-refractivity contribution in [3.05, 3.63) is 76.9 Å². The van der Waals surface area contributed by atoms with Crippen molar-refractivity contribution in [3.63, 3.8) is 0 Å². The molecule has 31 heavy (non-hydrogen) atoms. The SMILES string of the molecule is Cc1nc2c3ccccc3nn2c(C)c1CCC(=O)N(Cc1ccccc1F)C1CC1. The van der Waals surface area contributed by atoms with Gasteiger partial charge in [-0.1, -0.05) is 30.3 Å². The Morgan fingerprint density at radius 3 is 2.65 bits per heavy atom. The molecule has 2 aromatic carbocycles. The van der Waals surface area contributed by atoms with Crippen LogP contribution in [0, 0.1) is 19.7 Å². The van der Waals surface area contributed by atoms with Gasteiger partial charge < -0.3 is 4.90 Å². The van der Waals surface area contributed by atoms with E-state index >= 15 is 0 Å². The van der Waals surface area contributed by atoms with Crippen molar-refractivity contribution in [1.29, 1.82) is 0 Å². The standard InChI is InChI=1S/C25H25FN4O/c1-16-20(17(2)30-25(27-16)21-8-4-6-10-23(21)28-30)13-14-24(31)29(19-11-12-19)15-18-7-3-5-9-22(18)26/h3-10,19H,11-15H2,1-2H3. The first-order valence-electron chi connectivity index (χ1n) is 10.8. The molecular weight excluding hydrogens is 391 g/mol. The Morgan fingerprint density at radius 1 is 1.13 bits per heavy atom. The van der Waals surface area contributed by atoms with Crippen LogP contribution >= 0.6 is 0 Å². The molecule has 1 amide bonds. The zero-order valence-corrected chi connectivity index (χ0v) is 17.8. The fraction of sp³-hybridized carbons (Fsp3) is 0.320. The van der Waals surface area contributed by atoms with Gasteiger partial charge in [0.05, 0.1) is 5.52 Å². The number of carbonyl (C=O) groups excluding carboxylic acids is 1. The Hall–Kier alpha value is -3.28. The fourth-order valence-electron chi connectivity index (χ4n) is 4.33. The van der Waals surface area contributed by atoms with Gasteiger partial charge in [-0.3, -0.25) is 4.79 Å². The van der Waals surface area contributed by atoms with E-state index in [1.54, 1.807) is 12.1 Å². The second-order valence-corrected chi connectivity index (χ2v) is 8.36. The van der Waals surface area contributed by atoms with Crippen molar-refractivity contribution in [2.75, 3.05) is 0 Å². The largest absolute Gasteiger partial charge is 0.335 e. The first kappa shape index (κ1) is 19.7. The van der Waals surface area contributed by atoms with Gasteiger partial charge in [-0.05, 0) is 56.9 Å². The molecule has 4 aromatic rings. The van der Waals surface area contributed by atoms with E-state index in [1.165, 1.54) is 6.07 Å². The zero-order chi connectivity index (χ0) is 21.5. The second kappa shape index (κ2) is 7.76. The summed E-state index contributed by atoms with van der Waals surface area (Å²) >= 11 is 0. The lowest BCUT2D eigenvalue weighted by Gasteiger charge is -2.23. The molecule has 0 unspecified atom stereocenters. The average molecular weight is 417 g/mol. The van der Waals surface area contributed by atoms with E-state index < -0.39 is 0 Å². The van der Waals surface area contributed by atoms with Gasteiger partial charge in [-0.25, -0.2) is 13.9 Å². The Kier molecular flexibility index (Phi) is 4.93. The molecule has 0 atom stereocenters. The highest BCUT2D eigenvalue weighted by atomic mass is 19.1. The highest BCUT2D eigenvalue weighted by Crippen LogP contribution is 2.30. The summed E-state index contributed by atoms with van der Waals surface area (Å²) in [4.78, 5) is 19.7. The van der Waals surface area contributed by atoms with Gasteiger partial charge in [0.1, 0.15) is 5.82 Å². The third kappa shape index (κ3) is 3.67. The summed E-state index contributed by atoms with van der Waals surface area (Å²) in [5.41, 5.74) is 5.32. The quantitative estimate of drug-likeness (QED) is 0.455. The molecular formula is C25H25FN4O. The maximum Gasteiger partial charge on any atom is 0.223 e. The summed E-state index contributed by atoms with van der Waals surface area (Å²) in [6.07, 6.45) is 2.95. The number of carbonyl (C=O) groups is 1. The number of aromatic nitrogens is 3. The smallest absolute Gasteiger partial charge is 0.223 e. The maximum atomic E-state index is 14.1. The number of nitrogens with zero attached hydrogens (tertiary/aromatic N) is 4. The summed E-state index contributed by atoms with van der Waals surface area (Å²) in [6.45, 7) is 4.36. The molecule has 1 aliphatic rings. The lowest BCUT2D eigenvalue weighted by molar-refractivity contribution is -0.132. The molecule has 1 fully saturated rings. The Bertz CT molecular complexity index is 1290. The first-order chi connectivity index (χ1) is 15.0. The van der Waals surface area contributed by atoms with Crippen LogP contribution in [-0.4, -0.2) is 31.4 Å². The summed E-state index contributed by atoms with van der Waals surface area (Å²) in [5, 5.41) is 5.73. The lowest BCUT2D eigenvalue weighted by atomic mass is 10.1. The highest BCUT2D eigenvalue weighted by molar-refractivity contribution is 5.92. The predicted molar refractivity (Wildman–Crippen MR) is 118 cm³/mol. The van der Waals surface area contributed by atoms with Crippen molar-refractivity contribution in [2.24, 2.45) is 0 Å². The highest BCUT2D eigenvalue weighted by Gasteiger charge is 2.32. The molecule has 158 valence electrons. The molecule has 2 aromatic heterocycles. The zero-order valence-electron chi connectivity index (χ0n) is 17.8. The Balaban J connectivity index is 1.39. The van der Waals surface area contributed by atoms with E-state index in [0.29, 0.717) is 24.9 Å². The average Bonchev–Trinajstić information content (AvgIpc) is 3.54. The van der Waals surface area contributed by atoms with Crippen molar-refractivity contribution >= 4 is 22.5 Å². The van der Waals surface area contributed by atoms with Crippen LogP contribution in [0.2, 0.25) is 0 Å². The van der Waals surface area contributed by atoms with E-state index in [9.17, 15) is 9.18 Å². The summed E-state index contributed by atoms with van der Waals surface area (Å²) < 4.78 is 16.0. The molecule has 6 heteroatoms. The summed E-state index contributed by atoms with van der Waals surface area (Å²) in [5.74, 6) is -0.191. The minimum atomic E-state index is -0.256. The van der Waals surface area contributed by atoms with Gasteiger partial charge in [0.2, 0.25) is 5.91 Å². The van der Waals surface area contributed by atoms with Crippen LogP contribution in [0.4, 0.5) is 4.39 Å². The van der Waals surface area contributed by atoms with E-state index in [4.69, 9.17) is 10.1 Å². The van der Waals surface area contributed by atoms with Crippen LogP contribution in [-0.2, 0) is 17.8 Å². The van der Waals surface area contributed by atoms with Crippen molar-refractivity contribution in [1.82, 2.24) is 19.5 Å². The molecule has 0 saturated heterocycles. The molecule has 0 N–H and O–H groups in total. The Morgan fingerprint density at radius 2 is 1.87 bits per heavy atom. The van der Waals surface area contributed by atoms with Crippen LogP contribution < -0.4 is 0 Å². The van der Waals surface area contributed by atoms with Crippen LogP contribution in [0.5, 0.6) is 0 Å². The number of fused-ring (bicyclic) bond motifs is 3. The molecule has 5 nitrogen and oxygen atoms in total. The van der Waals surface area contributed by atoms with Crippen LogP contribution in [0.1, 0.15) is 41.8 Å². The van der Waals surface area contributed by atoms with E-state index in [2.05, 4.69) is 0 Å². The number of rotatable bonds is 6. The van der Waals surface area contributed by atoms with Gasteiger partial charge in [0.25, 0.3) is 0 Å². The predicted octanol–water partition coefficient (Wildman–Crippen LogP) is 4.76. The molecule has 2 heterocycles. The normalized spacial score (nSPS) is 13.8. The third-order valence-electron chi connectivity index (χ3n) is 6.21. The molecule has 1 saturated carbocycles. The molecule has 0 radical (unpaired) electrons.